The number of rotatable bonds is 4. The van der Waals surface area contributed by atoms with Gasteiger partial charge in [0.1, 0.15) is 11.5 Å². The van der Waals surface area contributed by atoms with Gasteiger partial charge in [0.25, 0.3) is 5.91 Å². The van der Waals surface area contributed by atoms with Crippen molar-refractivity contribution in [1.29, 1.82) is 0 Å². The van der Waals surface area contributed by atoms with Crippen LogP contribution in [0.25, 0.3) is 10.9 Å². The van der Waals surface area contributed by atoms with Crippen LogP contribution in [0.3, 0.4) is 0 Å². The van der Waals surface area contributed by atoms with Gasteiger partial charge in [0.15, 0.2) is 5.82 Å². The van der Waals surface area contributed by atoms with Crippen LogP contribution in [0, 0.1) is 13.8 Å². The first-order valence-corrected chi connectivity index (χ1v) is 8.48. The number of fused-ring (bicyclic) bond motifs is 1. The molecule has 2 aromatic heterocycles. The summed E-state index contributed by atoms with van der Waals surface area (Å²) in [7, 11) is 0. The van der Waals surface area contributed by atoms with Crippen molar-refractivity contribution in [3.05, 3.63) is 46.7 Å². The molecule has 3 aromatic rings. The third-order valence-electron chi connectivity index (χ3n) is 4.85. The van der Waals surface area contributed by atoms with Gasteiger partial charge < -0.3 is 15.0 Å². The second-order valence-electron chi connectivity index (χ2n) is 6.54. The molecule has 0 spiro atoms. The molecule has 0 aliphatic carbocycles. The molecular formula is C18H21N5O2. The summed E-state index contributed by atoms with van der Waals surface area (Å²) >= 11 is 0. The van der Waals surface area contributed by atoms with Crippen LogP contribution in [0.2, 0.25) is 0 Å². The summed E-state index contributed by atoms with van der Waals surface area (Å²) in [5.74, 6) is 1.51. The number of nitrogens with zero attached hydrogens (tertiary/aromatic N) is 2. The molecule has 0 saturated carbocycles. The van der Waals surface area contributed by atoms with Crippen LogP contribution in [0.15, 0.2) is 18.2 Å². The van der Waals surface area contributed by atoms with Crippen LogP contribution in [0.1, 0.15) is 45.6 Å². The zero-order chi connectivity index (χ0) is 17.4. The topological polar surface area (TPSA) is 95.7 Å². The molecule has 1 fully saturated rings. The number of H-pyrrole nitrogens is 2. The Morgan fingerprint density at radius 2 is 2.28 bits per heavy atom. The number of hydrogen-bond acceptors (Lipinski definition) is 4. The molecular weight excluding hydrogens is 318 g/mol. The van der Waals surface area contributed by atoms with Gasteiger partial charge in [0.05, 0.1) is 13.2 Å². The Morgan fingerprint density at radius 1 is 1.40 bits per heavy atom. The van der Waals surface area contributed by atoms with E-state index in [9.17, 15) is 4.79 Å². The Balaban J connectivity index is 1.44. The van der Waals surface area contributed by atoms with Crippen molar-refractivity contribution in [2.75, 3.05) is 13.2 Å². The van der Waals surface area contributed by atoms with E-state index in [1.807, 2.05) is 12.1 Å². The Hall–Kier alpha value is -2.67. The Kier molecular flexibility index (Phi) is 4.01. The van der Waals surface area contributed by atoms with Crippen molar-refractivity contribution in [3.8, 4) is 0 Å². The van der Waals surface area contributed by atoms with Gasteiger partial charge in [0.2, 0.25) is 0 Å². The summed E-state index contributed by atoms with van der Waals surface area (Å²) in [6.45, 7) is 5.86. The molecule has 3 N–H and O–H groups in total. The quantitative estimate of drug-likeness (QED) is 0.680. The van der Waals surface area contributed by atoms with Crippen molar-refractivity contribution in [2.45, 2.75) is 32.7 Å². The van der Waals surface area contributed by atoms with Crippen LogP contribution in [-0.2, 0) is 11.3 Å². The summed E-state index contributed by atoms with van der Waals surface area (Å²) in [5.41, 5.74) is 3.92. The van der Waals surface area contributed by atoms with E-state index in [1.165, 1.54) is 11.1 Å². The largest absolute Gasteiger partial charge is 0.381 e. The van der Waals surface area contributed by atoms with E-state index in [1.54, 1.807) is 0 Å². The SMILES string of the molecule is Cc1ccc2[nH]c(C(=O)NCc3nc(C4CCOC4)n[nH]3)cc2c1C. The van der Waals surface area contributed by atoms with E-state index in [0.717, 1.165) is 29.8 Å². The standard InChI is InChI=1S/C18H21N5O2/c1-10-3-4-14-13(11(10)2)7-15(20-14)18(24)19-8-16-21-17(23-22-16)12-5-6-25-9-12/h3-4,7,12,20H,5-6,8-9H2,1-2H3,(H,19,24)(H,21,22,23). The van der Waals surface area contributed by atoms with Crippen LogP contribution in [0.5, 0.6) is 0 Å². The first-order chi connectivity index (χ1) is 12.1. The van der Waals surface area contributed by atoms with E-state index in [2.05, 4.69) is 45.4 Å². The minimum absolute atomic E-state index is 0.157. The monoisotopic (exact) mass is 339 g/mol. The number of aryl methyl sites for hydroxylation is 2. The molecule has 1 unspecified atom stereocenters. The number of benzene rings is 1. The van der Waals surface area contributed by atoms with Gasteiger partial charge >= 0.3 is 0 Å². The predicted octanol–water partition coefficient (Wildman–Crippen LogP) is 2.34. The highest BCUT2D eigenvalue weighted by Crippen LogP contribution is 2.23. The van der Waals surface area contributed by atoms with Crippen LogP contribution in [0.4, 0.5) is 0 Å². The Bertz CT molecular complexity index is 921. The minimum Gasteiger partial charge on any atom is -0.381 e. The van der Waals surface area contributed by atoms with Crippen LogP contribution in [-0.4, -0.2) is 39.3 Å². The average molecular weight is 339 g/mol. The molecule has 1 aromatic carbocycles. The molecule has 130 valence electrons. The van der Waals surface area contributed by atoms with Gasteiger partial charge in [-0.15, -0.1) is 0 Å². The van der Waals surface area contributed by atoms with Crippen LogP contribution < -0.4 is 5.32 Å². The Morgan fingerprint density at radius 3 is 3.08 bits per heavy atom. The van der Waals surface area contributed by atoms with Gasteiger partial charge in [-0.1, -0.05) is 6.07 Å². The number of aromatic amines is 2. The molecule has 4 rings (SSSR count). The second-order valence-corrected chi connectivity index (χ2v) is 6.54. The van der Waals surface area contributed by atoms with E-state index < -0.39 is 0 Å². The molecule has 0 radical (unpaired) electrons. The van der Waals surface area contributed by atoms with E-state index in [4.69, 9.17) is 4.74 Å². The summed E-state index contributed by atoms with van der Waals surface area (Å²) in [4.78, 5) is 20.1. The lowest BCUT2D eigenvalue weighted by Crippen LogP contribution is -2.23. The van der Waals surface area contributed by atoms with Crippen LogP contribution >= 0.6 is 0 Å². The number of nitrogens with one attached hydrogen (secondary N) is 3. The molecule has 3 heterocycles. The third kappa shape index (κ3) is 3.02. The van der Waals surface area contributed by atoms with E-state index in [0.29, 0.717) is 24.7 Å². The first kappa shape index (κ1) is 15.8. The molecule has 1 saturated heterocycles. The fourth-order valence-corrected chi connectivity index (χ4v) is 3.15. The van der Waals surface area contributed by atoms with Crippen molar-refractivity contribution in [3.63, 3.8) is 0 Å². The molecule has 1 aliphatic heterocycles. The van der Waals surface area contributed by atoms with Gasteiger partial charge in [0, 0.05) is 23.4 Å². The molecule has 7 nitrogen and oxygen atoms in total. The van der Waals surface area contributed by atoms with Gasteiger partial charge in [-0.05, 0) is 43.5 Å². The maximum Gasteiger partial charge on any atom is 0.268 e. The van der Waals surface area contributed by atoms with Crippen molar-refractivity contribution in [2.24, 2.45) is 0 Å². The number of hydrogen-bond donors (Lipinski definition) is 3. The number of amides is 1. The number of aromatic nitrogens is 4. The molecule has 25 heavy (non-hydrogen) atoms. The second kappa shape index (κ2) is 6.33. The molecule has 0 bridgehead atoms. The van der Waals surface area contributed by atoms with E-state index >= 15 is 0 Å². The van der Waals surface area contributed by atoms with Gasteiger partial charge in [-0.3, -0.25) is 9.89 Å². The summed E-state index contributed by atoms with van der Waals surface area (Å²) in [5, 5.41) is 11.1. The highest BCUT2D eigenvalue weighted by atomic mass is 16.5. The molecule has 1 atom stereocenters. The summed E-state index contributed by atoms with van der Waals surface area (Å²) in [6, 6.07) is 5.95. The minimum atomic E-state index is -0.157. The average Bonchev–Trinajstić information content (AvgIpc) is 3.35. The normalized spacial score (nSPS) is 17.3. The fraction of sp³-hybridized carbons (Fsp3) is 0.389. The third-order valence-corrected chi connectivity index (χ3v) is 4.85. The van der Waals surface area contributed by atoms with E-state index in [-0.39, 0.29) is 11.8 Å². The number of carbonyl (C=O) groups excluding carboxylic acids is 1. The molecule has 1 amide bonds. The fourth-order valence-electron chi connectivity index (χ4n) is 3.15. The summed E-state index contributed by atoms with van der Waals surface area (Å²) < 4.78 is 5.36. The van der Waals surface area contributed by atoms with Gasteiger partial charge in [-0.2, -0.15) is 5.10 Å². The van der Waals surface area contributed by atoms with Crippen molar-refractivity contribution in [1.82, 2.24) is 25.5 Å². The lowest BCUT2D eigenvalue weighted by Gasteiger charge is -2.01. The first-order valence-electron chi connectivity index (χ1n) is 8.48. The maximum atomic E-state index is 12.4. The lowest BCUT2D eigenvalue weighted by molar-refractivity contribution is 0.0945. The smallest absolute Gasteiger partial charge is 0.268 e. The lowest BCUT2D eigenvalue weighted by atomic mass is 10.1. The zero-order valence-corrected chi connectivity index (χ0v) is 14.3. The Labute approximate surface area is 145 Å². The highest BCUT2D eigenvalue weighted by molar-refractivity contribution is 5.99. The van der Waals surface area contributed by atoms with Gasteiger partial charge in [-0.25, -0.2) is 4.98 Å². The molecule has 7 heteroatoms. The number of carbonyl (C=O) groups is 1. The predicted molar refractivity (Wildman–Crippen MR) is 93.5 cm³/mol. The van der Waals surface area contributed by atoms with Crippen molar-refractivity contribution >= 4 is 16.8 Å². The number of ether oxygens (including phenoxy) is 1. The maximum absolute atomic E-state index is 12.4. The molecule has 1 aliphatic rings. The van der Waals surface area contributed by atoms with Crippen molar-refractivity contribution < 1.29 is 9.53 Å². The summed E-state index contributed by atoms with van der Waals surface area (Å²) in [6.07, 6.45) is 0.942. The highest BCUT2D eigenvalue weighted by Gasteiger charge is 2.22. The zero-order valence-electron chi connectivity index (χ0n) is 14.3.